The number of anilines is 1. The number of pyridine rings is 1. The summed E-state index contributed by atoms with van der Waals surface area (Å²) in [6.45, 7) is 2.83. The summed E-state index contributed by atoms with van der Waals surface area (Å²) in [5.41, 5.74) is 7.39. The third-order valence-corrected chi connectivity index (χ3v) is 5.69. The van der Waals surface area contributed by atoms with Crippen molar-refractivity contribution >= 4 is 11.5 Å². The van der Waals surface area contributed by atoms with Crippen LogP contribution in [0, 0.1) is 6.92 Å². The Balaban J connectivity index is 1.76. The topological polar surface area (TPSA) is 38.6 Å². The maximum atomic E-state index is 5.71. The van der Waals surface area contributed by atoms with E-state index in [0.717, 1.165) is 45.3 Å². The summed E-state index contributed by atoms with van der Waals surface area (Å²) in [5, 5.41) is 3.69. The number of para-hydroxylation sites is 1. The van der Waals surface area contributed by atoms with Crippen LogP contribution in [-0.2, 0) is 6.54 Å². The Labute approximate surface area is 188 Å². The van der Waals surface area contributed by atoms with Crippen molar-refractivity contribution in [3.63, 3.8) is 0 Å². The van der Waals surface area contributed by atoms with Crippen molar-refractivity contribution in [2.45, 2.75) is 13.5 Å². The molecule has 0 spiro atoms. The lowest BCUT2D eigenvalue weighted by atomic mass is 10.1. The van der Waals surface area contributed by atoms with Gasteiger partial charge in [0.1, 0.15) is 22.9 Å². The quantitative estimate of drug-likeness (QED) is 0.337. The van der Waals surface area contributed by atoms with Crippen LogP contribution >= 0.6 is 0 Å². The zero-order valence-electron chi connectivity index (χ0n) is 18.2. The van der Waals surface area contributed by atoms with Gasteiger partial charge in [0, 0.05) is 17.7 Å². The van der Waals surface area contributed by atoms with Gasteiger partial charge in [0.25, 0.3) is 0 Å². The number of hydrogen-bond acceptors (Lipinski definition) is 3. The van der Waals surface area contributed by atoms with Crippen molar-refractivity contribution in [3.05, 3.63) is 108 Å². The minimum absolute atomic E-state index is 0.702. The Morgan fingerprint density at radius 2 is 1.50 bits per heavy atom. The summed E-state index contributed by atoms with van der Waals surface area (Å²) in [6, 6.07) is 33.1. The molecule has 2 aromatic heterocycles. The van der Waals surface area contributed by atoms with E-state index in [1.54, 1.807) is 7.11 Å². The predicted octanol–water partition coefficient (Wildman–Crippen LogP) is 6.60. The number of methoxy groups -OCH3 is 1. The second-order valence-electron chi connectivity index (χ2n) is 7.77. The Morgan fingerprint density at radius 3 is 2.25 bits per heavy atom. The molecule has 0 radical (unpaired) electrons. The number of nitrogens with zero attached hydrogens (tertiary/aromatic N) is 2. The molecular weight excluding hydrogens is 394 g/mol. The maximum Gasteiger partial charge on any atom is 0.139 e. The molecule has 0 saturated carbocycles. The summed E-state index contributed by atoms with van der Waals surface area (Å²) in [7, 11) is 1.71. The number of nitrogens with one attached hydrogen (secondary N) is 1. The van der Waals surface area contributed by atoms with Crippen LogP contribution in [0.15, 0.2) is 97.1 Å². The number of aromatic nitrogens is 2. The first-order chi connectivity index (χ1) is 15.8. The lowest BCUT2D eigenvalue weighted by Crippen LogP contribution is -2.06. The molecule has 5 aromatic rings. The smallest absolute Gasteiger partial charge is 0.139 e. The molecule has 0 aliphatic carbocycles. The largest absolute Gasteiger partial charge is 0.496 e. The third kappa shape index (κ3) is 3.60. The van der Waals surface area contributed by atoms with Crippen LogP contribution in [0.5, 0.6) is 5.75 Å². The molecule has 32 heavy (non-hydrogen) atoms. The van der Waals surface area contributed by atoms with Crippen molar-refractivity contribution < 1.29 is 4.74 Å². The fourth-order valence-corrected chi connectivity index (χ4v) is 4.15. The molecule has 0 fully saturated rings. The number of fused-ring (bicyclic) bond motifs is 1. The molecule has 158 valence electrons. The predicted molar refractivity (Wildman–Crippen MR) is 131 cm³/mol. The summed E-state index contributed by atoms with van der Waals surface area (Å²) in [5.74, 6) is 1.81. The van der Waals surface area contributed by atoms with E-state index in [9.17, 15) is 0 Å². The summed E-state index contributed by atoms with van der Waals surface area (Å²) < 4.78 is 7.93. The van der Waals surface area contributed by atoms with Gasteiger partial charge in [0.05, 0.1) is 12.8 Å². The van der Waals surface area contributed by atoms with E-state index in [1.807, 2.05) is 42.5 Å². The molecule has 0 atom stereocenters. The normalized spacial score (nSPS) is 10.9. The van der Waals surface area contributed by atoms with Gasteiger partial charge in [-0.25, -0.2) is 4.98 Å². The van der Waals surface area contributed by atoms with E-state index in [1.165, 1.54) is 5.56 Å². The van der Waals surface area contributed by atoms with E-state index in [2.05, 4.69) is 71.2 Å². The van der Waals surface area contributed by atoms with Gasteiger partial charge in [0.15, 0.2) is 0 Å². The number of imidazole rings is 1. The number of benzene rings is 3. The number of aryl methyl sites for hydroxylation is 1. The van der Waals surface area contributed by atoms with Gasteiger partial charge >= 0.3 is 0 Å². The first-order valence-corrected chi connectivity index (χ1v) is 10.7. The lowest BCUT2D eigenvalue weighted by Gasteiger charge is -2.16. The molecule has 0 aliphatic heterocycles. The van der Waals surface area contributed by atoms with Crippen LogP contribution in [0.2, 0.25) is 0 Å². The Hall–Kier alpha value is -4.05. The van der Waals surface area contributed by atoms with E-state index in [-0.39, 0.29) is 0 Å². The average Bonchev–Trinajstić information content (AvgIpc) is 3.22. The molecular formula is C28H25N3O. The third-order valence-electron chi connectivity index (χ3n) is 5.69. The Morgan fingerprint density at radius 1 is 0.812 bits per heavy atom. The van der Waals surface area contributed by atoms with Gasteiger partial charge in [-0.05, 0) is 36.2 Å². The highest BCUT2D eigenvalue weighted by Gasteiger charge is 2.20. The van der Waals surface area contributed by atoms with Crippen molar-refractivity contribution in [2.75, 3.05) is 12.4 Å². The lowest BCUT2D eigenvalue weighted by molar-refractivity contribution is 0.416. The average molecular weight is 420 g/mol. The summed E-state index contributed by atoms with van der Waals surface area (Å²) in [4.78, 5) is 5.04. The second-order valence-corrected chi connectivity index (χ2v) is 7.77. The first kappa shape index (κ1) is 19.9. The molecule has 0 bridgehead atoms. The Bertz CT molecular complexity index is 1360. The summed E-state index contributed by atoms with van der Waals surface area (Å²) in [6.07, 6.45) is 0. The zero-order valence-corrected chi connectivity index (χ0v) is 18.2. The standard InChI is InChI=1S/C28H25N3O/c1-20-17-18-25-30-26(22-13-7-4-8-14-22)28(29-19-21-11-5-3-6-12-21)31(25)27(20)23-15-9-10-16-24(23)32-2/h3-18,29H,19H2,1-2H3. The Kier molecular flexibility index (Phi) is 5.34. The fourth-order valence-electron chi connectivity index (χ4n) is 4.15. The molecule has 0 saturated heterocycles. The van der Waals surface area contributed by atoms with Crippen molar-refractivity contribution in [1.29, 1.82) is 0 Å². The van der Waals surface area contributed by atoms with Crippen molar-refractivity contribution in [2.24, 2.45) is 0 Å². The van der Waals surface area contributed by atoms with Crippen LogP contribution in [0.3, 0.4) is 0 Å². The maximum absolute atomic E-state index is 5.71. The highest BCUT2D eigenvalue weighted by molar-refractivity contribution is 5.82. The van der Waals surface area contributed by atoms with Crippen molar-refractivity contribution in [1.82, 2.24) is 9.38 Å². The molecule has 2 heterocycles. The molecule has 0 aliphatic rings. The molecule has 0 amide bonds. The van der Waals surface area contributed by atoms with Crippen LogP contribution < -0.4 is 10.1 Å². The molecule has 4 heteroatoms. The van der Waals surface area contributed by atoms with Gasteiger partial charge in [-0.2, -0.15) is 0 Å². The van der Waals surface area contributed by atoms with Crippen LogP contribution in [0.1, 0.15) is 11.1 Å². The highest BCUT2D eigenvalue weighted by atomic mass is 16.5. The SMILES string of the molecule is COc1ccccc1-c1c(C)ccc2nc(-c3ccccc3)c(NCc3ccccc3)n12. The van der Waals surface area contributed by atoms with E-state index in [4.69, 9.17) is 9.72 Å². The van der Waals surface area contributed by atoms with Crippen LogP contribution in [-0.4, -0.2) is 16.5 Å². The van der Waals surface area contributed by atoms with Gasteiger partial charge in [0.2, 0.25) is 0 Å². The van der Waals surface area contributed by atoms with E-state index < -0.39 is 0 Å². The fraction of sp³-hybridized carbons (Fsp3) is 0.107. The highest BCUT2D eigenvalue weighted by Crippen LogP contribution is 2.38. The van der Waals surface area contributed by atoms with Crippen LogP contribution in [0.4, 0.5) is 5.82 Å². The van der Waals surface area contributed by atoms with Gasteiger partial charge in [-0.1, -0.05) is 78.9 Å². The minimum Gasteiger partial charge on any atom is -0.496 e. The molecule has 5 rings (SSSR count). The van der Waals surface area contributed by atoms with Gasteiger partial charge < -0.3 is 10.1 Å². The number of rotatable bonds is 6. The second kappa shape index (κ2) is 8.60. The molecule has 4 nitrogen and oxygen atoms in total. The molecule has 0 unspecified atom stereocenters. The first-order valence-electron chi connectivity index (χ1n) is 10.7. The summed E-state index contributed by atoms with van der Waals surface area (Å²) >= 11 is 0. The number of ether oxygens (including phenoxy) is 1. The molecule has 1 N–H and O–H groups in total. The van der Waals surface area contributed by atoms with Crippen molar-refractivity contribution in [3.8, 4) is 28.3 Å². The minimum atomic E-state index is 0.702. The van der Waals surface area contributed by atoms with E-state index in [0.29, 0.717) is 6.54 Å². The molecule has 3 aromatic carbocycles. The zero-order chi connectivity index (χ0) is 21.9. The monoisotopic (exact) mass is 419 g/mol. The van der Waals surface area contributed by atoms with Gasteiger partial charge in [-0.3, -0.25) is 4.40 Å². The van der Waals surface area contributed by atoms with E-state index >= 15 is 0 Å². The van der Waals surface area contributed by atoms with Crippen LogP contribution in [0.25, 0.3) is 28.2 Å². The van der Waals surface area contributed by atoms with Gasteiger partial charge in [-0.15, -0.1) is 0 Å². The number of hydrogen-bond donors (Lipinski definition) is 1.